The van der Waals surface area contributed by atoms with Gasteiger partial charge in [-0.2, -0.15) is 5.26 Å². The van der Waals surface area contributed by atoms with Crippen molar-refractivity contribution in [2.24, 2.45) is 0 Å². The van der Waals surface area contributed by atoms with Gasteiger partial charge in [-0.05, 0) is 62.7 Å². The van der Waals surface area contributed by atoms with Gasteiger partial charge in [-0.3, -0.25) is 19.0 Å². The van der Waals surface area contributed by atoms with Gasteiger partial charge in [-0.15, -0.1) is 0 Å². The van der Waals surface area contributed by atoms with Gasteiger partial charge in [0.2, 0.25) is 0 Å². The fourth-order valence-electron chi connectivity index (χ4n) is 3.45. The Kier molecular flexibility index (Phi) is 8.24. The Morgan fingerprint density at radius 1 is 1.03 bits per heavy atom. The number of nitriles is 1. The molecular formula is C26H26N4O5. The fraction of sp³-hybridized carbons (Fsp3) is 0.231. The molecule has 0 bridgehead atoms. The molecule has 2 aromatic carbocycles. The van der Waals surface area contributed by atoms with E-state index in [0.29, 0.717) is 29.3 Å². The first kappa shape index (κ1) is 25.1. The number of rotatable bonds is 9. The van der Waals surface area contributed by atoms with Crippen molar-refractivity contribution in [3.63, 3.8) is 0 Å². The van der Waals surface area contributed by atoms with Gasteiger partial charge in [0.05, 0.1) is 12.2 Å². The Hall–Kier alpha value is -4.58. The number of ether oxygens (including phenoxy) is 2. The molecule has 2 amide bonds. The smallest absolute Gasteiger partial charge is 0.325 e. The number of hydrogen-bond acceptors (Lipinski definition) is 6. The highest BCUT2D eigenvalue weighted by atomic mass is 16.5. The summed E-state index contributed by atoms with van der Waals surface area (Å²) >= 11 is 0. The van der Waals surface area contributed by atoms with Crippen LogP contribution in [0.15, 0.2) is 54.6 Å². The molecule has 2 N–H and O–H groups in total. The standard InChI is InChI=1S/C26H26N4O5/c1-4-34-21-12-10-19(11-13-21)26(33)28-15-24(32)35-16-23(31)29-25-22(14-27)17(2)18(3)30(25)20-8-6-5-7-9-20/h5-13H,4,15-16H2,1-3H3,(H,28,33)(H,29,31). The zero-order valence-corrected chi connectivity index (χ0v) is 19.8. The van der Waals surface area contributed by atoms with E-state index in [0.717, 1.165) is 16.9 Å². The Morgan fingerprint density at radius 3 is 2.34 bits per heavy atom. The molecule has 0 atom stereocenters. The minimum absolute atomic E-state index is 0.304. The average Bonchev–Trinajstić information content (AvgIpc) is 3.10. The Morgan fingerprint density at radius 2 is 1.71 bits per heavy atom. The number of benzene rings is 2. The summed E-state index contributed by atoms with van der Waals surface area (Å²) < 4.78 is 12.1. The zero-order chi connectivity index (χ0) is 25.4. The molecular weight excluding hydrogens is 448 g/mol. The number of amides is 2. The summed E-state index contributed by atoms with van der Waals surface area (Å²) in [6.07, 6.45) is 0. The van der Waals surface area contributed by atoms with Gasteiger partial charge in [0.1, 0.15) is 24.2 Å². The highest BCUT2D eigenvalue weighted by Gasteiger charge is 2.21. The van der Waals surface area contributed by atoms with E-state index in [4.69, 9.17) is 9.47 Å². The van der Waals surface area contributed by atoms with Gasteiger partial charge < -0.3 is 20.1 Å². The highest BCUT2D eigenvalue weighted by molar-refractivity contribution is 5.97. The molecule has 0 unspecified atom stereocenters. The number of aromatic nitrogens is 1. The molecule has 0 radical (unpaired) electrons. The lowest BCUT2D eigenvalue weighted by Crippen LogP contribution is -2.32. The largest absolute Gasteiger partial charge is 0.494 e. The molecule has 0 fully saturated rings. The van der Waals surface area contributed by atoms with Gasteiger partial charge in [0.15, 0.2) is 6.61 Å². The maximum Gasteiger partial charge on any atom is 0.325 e. The lowest BCUT2D eigenvalue weighted by atomic mass is 10.2. The summed E-state index contributed by atoms with van der Waals surface area (Å²) in [5.41, 5.74) is 3.00. The van der Waals surface area contributed by atoms with Gasteiger partial charge >= 0.3 is 5.97 Å². The van der Waals surface area contributed by atoms with Gasteiger partial charge in [0, 0.05) is 16.9 Å². The van der Waals surface area contributed by atoms with Gasteiger partial charge in [0.25, 0.3) is 11.8 Å². The van der Waals surface area contributed by atoms with Gasteiger partial charge in [-0.25, -0.2) is 0 Å². The lowest BCUT2D eigenvalue weighted by molar-refractivity contribution is -0.146. The van der Waals surface area contributed by atoms with Crippen LogP contribution in [0.25, 0.3) is 5.69 Å². The van der Waals surface area contributed by atoms with Crippen molar-refractivity contribution in [3.05, 3.63) is 77.0 Å². The molecule has 35 heavy (non-hydrogen) atoms. The van der Waals surface area contributed by atoms with E-state index >= 15 is 0 Å². The molecule has 9 nitrogen and oxygen atoms in total. The SMILES string of the molecule is CCOc1ccc(C(=O)NCC(=O)OCC(=O)Nc2c(C#N)c(C)c(C)n2-c2ccccc2)cc1. The minimum Gasteiger partial charge on any atom is -0.494 e. The predicted octanol–water partition coefficient (Wildman–Crippen LogP) is 3.28. The zero-order valence-electron chi connectivity index (χ0n) is 19.8. The third-order valence-electron chi connectivity index (χ3n) is 5.28. The van der Waals surface area contributed by atoms with Crippen molar-refractivity contribution in [2.45, 2.75) is 20.8 Å². The van der Waals surface area contributed by atoms with E-state index < -0.39 is 30.9 Å². The second-order valence-corrected chi connectivity index (χ2v) is 7.57. The summed E-state index contributed by atoms with van der Waals surface area (Å²) in [5, 5.41) is 14.8. The van der Waals surface area contributed by atoms with Crippen molar-refractivity contribution >= 4 is 23.6 Å². The van der Waals surface area contributed by atoms with Crippen LogP contribution in [-0.4, -0.2) is 42.1 Å². The molecule has 180 valence electrons. The molecule has 3 rings (SSSR count). The maximum absolute atomic E-state index is 12.5. The first-order valence-electron chi connectivity index (χ1n) is 11.0. The van der Waals surface area contributed by atoms with Crippen molar-refractivity contribution in [2.75, 3.05) is 25.1 Å². The summed E-state index contributed by atoms with van der Waals surface area (Å²) in [6, 6.07) is 17.9. The number of nitrogens with one attached hydrogen (secondary N) is 2. The molecule has 0 saturated carbocycles. The molecule has 0 saturated heterocycles. The second-order valence-electron chi connectivity index (χ2n) is 7.57. The van der Waals surface area contributed by atoms with E-state index in [1.165, 1.54) is 0 Å². The Bertz CT molecular complexity index is 1260. The number of esters is 1. The van der Waals surface area contributed by atoms with E-state index in [-0.39, 0.29) is 0 Å². The Balaban J connectivity index is 1.58. The number of para-hydroxylation sites is 1. The van der Waals surface area contributed by atoms with Crippen molar-refractivity contribution in [1.82, 2.24) is 9.88 Å². The maximum atomic E-state index is 12.5. The number of anilines is 1. The van der Waals surface area contributed by atoms with Crippen molar-refractivity contribution < 1.29 is 23.9 Å². The van der Waals surface area contributed by atoms with Gasteiger partial charge in [-0.1, -0.05) is 18.2 Å². The lowest BCUT2D eigenvalue weighted by Gasteiger charge is -2.13. The summed E-state index contributed by atoms with van der Waals surface area (Å²) in [4.78, 5) is 36.8. The van der Waals surface area contributed by atoms with E-state index in [1.54, 1.807) is 35.8 Å². The summed E-state index contributed by atoms with van der Waals surface area (Å²) in [6.45, 7) is 5.06. The fourth-order valence-corrected chi connectivity index (χ4v) is 3.45. The van der Waals surface area contributed by atoms with Crippen LogP contribution in [0.1, 0.15) is 34.1 Å². The van der Waals surface area contributed by atoms with E-state index in [9.17, 15) is 19.6 Å². The highest BCUT2D eigenvalue weighted by Crippen LogP contribution is 2.29. The predicted molar refractivity (Wildman–Crippen MR) is 129 cm³/mol. The molecule has 3 aromatic rings. The summed E-state index contributed by atoms with van der Waals surface area (Å²) in [7, 11) is 0. The molecule has 1 aromatic heterocycles. The van der Waals surface area contributed by atoms with Crippen LogP contribution in [0, 0.1) is 25.2 Å². The monoisotopic (exact) mass is 474 g/mol. The third-order valence-corrected chi connectivity index (χ3v) is 5.28. The first-order chi connectivity index (χ1) is 16.8. The van der Waals surface area contributed by atoms with Crippen LogP contribution in [-0.2, 0) is 14.3 Å². The number of nitrogens with zero attached hydrogens (tertiary/aromatic N) is 2. The summed E-state index contributed by atoms with van der Waals surface area (Å²) in [5.74, 6) is -0.899. The normalized spacial score (nSPS) is 10.2. The topological polar surface area (TPSA) is 122 Å². The van der Waals surface area contributed by atoms with Crippen LogP contribution in [0.4, 0.5) is 5.82 Å². The van der Waals surface area contributed by atoms with Crippen LogP contribution in [0.3, 0.4) is 0 Å². The van der Waals surface area contributed by atoms with Crippen LogP contribution >= 0.6 is 0 Å². The number of hydrogen-bond donors (Lipinski definition) is 2. The number of carbonyl (C=O) groups is 3. The molecule has 0 spiro atoms. The second kappa shape index (κ2) is 11.5. The van der Waals surface area contributed by atoms with Crippen molar-refractivity contribution in [3.8, 4) is 17.5 Å². The molecule has 0 aliphatic rings. The van der Waals surface area contributed by atoms with E-state index in [2.05, 4.69) is 16.7 Å². The minimum atomic E-state index is -0.772. The third kappa shape index (κ3) is 6.06. The molecule has 9 heteroatoms. The molecule has 0 aliphatic heterocycles. The molecule has 1 heterocycles. The van der Waals surface area contributed by atoms with Crippen LogP contribution < -0.4 is 15.4 Å². The quantitative estimate of drug-likeness (QED) is 0.459. The molecule has 0 aliphatic carbocycles. The van der Waals surface area contributed by atoms with Crippen LogP contribution in [0.2, 0.25) is 0 Å². The van der Waals surface area contributed by atoms with Crippen LogP contribution in [0.5, 0.6) is 5.75 Å². The first-order valence-corrected chi connectivity index (χ1v) is 11.0. The average molecular weight is 475 g/mol. The number of carbonyl (C=O) groups excluding carboxylic acids is 3. The van der Waals surface area contributed by atoms with E-state index in [1.807, 2.05) is 44.2 Å². The Labute approximate surface area is 203 Å². The van der Waals surface area contributed by atoms with Crippen molar-refractivity contribution in [1.29, 1.82) is 5.26 Å².